The van der Waals surface area contributed by atoms with Crippen molar-refractivity contribution in [1.82, 2.24) is 20.0 Å². The van der Waals surface area contributed by atoms with E-state index in [0.29, 0.717) is 55.8 Å². The van der Waals surface area contributed by atoms with E-state index < -0.39 is 11.7 Å². The number of carbonyl (C=O) groups excluding carboxylic acids is 2. The number of methoxy groups -OCH3 is 2. The fourth-order valence-electron chi connectivity index (χ4n) is 5.15. The zero-order valence-corrected chi connectivity index (χ0v) is 23.3. The molecule has 5 rings (SSSR count). The van der Waals surface area contributed by atoms with Gasteiger partial charge in [-0.15, -0.1) is 10.2 Å². The minimum Gasteiger partial charge on any atom is -0.497 e. The lowest BCUT2D eigenvalue weighted by molar-refractivity contribution is -0.132. The molecule has 41 heavy (non-hydrogen) atoms. The topological polar surface area (TPSA) is 97.3 Å². The first-order chi connectivity index (χ1) is 20.0. The lowest BCUT2D eigenvalue weighted by Gasteiger charge is -2.36. The number of piperazine rings is 1. The van der Waals surface area contributed by atoms with E-state index in [4.69, 9.17) is 14.2 Å². The van der Waals surface area contributed by atoms with Crippen LogP contribution in [0.25, 0.3) is 11.3 Å². The van der Waals surface area contributed by atoms with E-state index in [2.05, 4.69) is 15.1 Å². The van der Waals surface area contributed by atoms with Crippen LogP contribution in [-0.2, 0) is 9.53 Å². The standard InChI is InChI=1S/C30H34FN5O5/c1-39-21-9-10-24(27(18-21)40-2)26-11-12-28(33-32-26)34-13-15-35(16-14-34)29(37)20-36(19-22-6-5-17-41-22)30(38)23-7-3-4-8-25(23)31/h3-4,7-12,18,22H,5-6,13-17,19-20H2,1-2H3/t22-/m0/s1. The molecule has 0 aliphatic carbocycles. The van der Waals surface area contributed by atoms with Crippen molar-refractivity contribution in [3.63, 3.8) is 0 Å². The van der Waals surface area contributed by atoms with Gasteiger partial charge in [-0.1, -0.05) is 12.1 Å². The van der Waals surface area contributed by atoms with Gasteiger partial charge >= 0.3 is 0 Å². The van der Waals surface area contributed by atoms with Gasteiger partial charge in [0.25, 0.3) is 5.91 Å². The number of halogens is 1. The maximum atomic E-state index is 14.4. The van der Waals surface area contributed by atoms with Gasteiger partial charge < -0.3 is 28.9 Å². The van der Waals surface area contributed by atoms with Gasteiger partial charge in [0.15, 0.2) is 5.82 Å². The van der Waals surface area contributed by atoms with E-state index in [1.54, 1.807) is 31.3 Å². The van der Waals surface area contributed by atoms with Crippen LogP contribution in [0.4, 0.5) is 10.2 Å². The quantitative estimate of drug-likeness (QED) is 0.392. The second-order valence-corrected chi connectivity index (χ2v) is 10.0. The average Bonchev–Trinajstić information content (AvgIpc) is 3.53. The molecule has 0 N–H and O–H groups in total. The van der Waals surface area contributed by atoms with Crippen LogP contribution in [0.5, 0.6) is 11.5 Å². The predicted octanol–water partition coefficient (Wildman–Crippen LogP) is 3.27. The molecule has 2 saturated heterocycles. The van der Waals surface area contributed by atoms with Crippen molar-refractivity contribution >= 4 is 17.6 Å². The van der Waals surface area contributed by atoms with E-state index in [0.717, 1.165) is 18.4 Å². The maximum absolute atomic E-state index is 14.4. The van der Waals surface area contributed by atoms with E-state index >= 15 is 0 Å². The van der Waals surface area contributed by atoms with Gasteiger partial charge in [0.1, 0.15) is 23.9 Å². The number of aromatic nitrogens is 2. The zero-order chi connectivity index (χ0) is 28.8. The summed E-state index contributed by atoms with van der Waals surface area (Å²) in [5.41, 5.74) is 1.44. The van der Waals surface area contributed by atoms with Gasteiger partial charge in [0, 0.05) is 51.0 Å². The Bertz CT molecular complexity index is 1360. The molecule has 0 saturated carbocycles. The van der Waals surface area contributed by atoms with Crippen LogP contribution in [0.2, 0.25) is 0 Å². The fraction of sp³-hybridized carbons (Fsp3) is 0.400. The van der Waals surface area contributed by atoms with Crippen LogP contribution in [0.15, 0.2) is 54.6 Å². The van der Waals surface area contributed by atoms with Crippen molar-refractivity contribution in [1.29, 1.82) is 0 Å². The molecule has 3 aromatic rings. The van der Waals surface area contributed by atoms with Crippen LogP contribution in [0, 0.1) is 5.82 Å². The van der Waals surface area contributed by atoms with Gasteiger partial charge in [-0.05, 0) is 49.2 Å². The molecule has 10 nitrogen and oxygen atoms in total. The van der Waals surface area contributed by atoms with Crippen molar-refractivity contribution in [2.45, 2.75) is 18.9 Å². The van der Waals surface area contributed by atoms with Gasteiger partial charge in [-0.3, -0.25) is 9.59 Å². The molecule has 11 heteroatoms. The molecule has 2 aromatic carbocycles. The summed E-state index contributed by atoms with van der Waals surface area (Å²) in [4.78, 5) is 31.7. The summed E-state index contributed by atoms with van der Waals surface area (Å²) in [7, 11) is 3.20. The number of hydrogen-bond donors (Lipinski definition) is 0. The number of hydrogen-bond acceptors (Lipinski definition) is 8. The molecule has 2 amide bonds. The number of anilines is 1. The Morgan fingerprint density at radius 2 is 1.83 bits per heavy atom. The SMILES string of the molecule is COc1ccc(-c2ccc(N3CCN(C(=O)CN(C[C@@H]4CCCO4)C(=O)c4ccccc4F)CC3)nn2)c(OC)c1. The predicted molar refractivity (Wildman–Crippen MR) is 151 cm³/mol. The first kappa shape index (κ1) is 28.3. The Morgan fingerprint density at radius 1 is 1.02 bits per heavy atom. The molecule has 2 aliphatic heterocycles. The molecule has 3 heterocycles. The van der Waals surface area contributed by atoms with Gasteiger partial charge in [-0.2, -0.15) is 0 Å². The van der Waals surface area contributed by atoms with Gasteiger partial charge in [0.2, 0.25) is 5.91 Å². The summed E-state index contributed by atoms with van der Waals surface area (Å²) in [6.07, 6.45) is 1.55. The number of carbonyl (C=O) groups is 2. The van der Waals surface area contributed by atoms with Crippen LogP contribution in [0.1, 0.15) is 23.2 Å². The van der Waals surface area contributed by atoms with E-state index in [-0.39, 0.29) is 30.7 Å². The van der Waals surface area contributed by atoms with Crippen LogP contribution in [-0.4, -0.2) is 98.0 Å². The third kappa shape index (κ3) is 6.57. The maximum Gasteiger partial charge on any atom is 0.257 e. The van der Waals surface area contributed by atoms with Crippen LogP contribution < -0.4 is 14.4 Å². The lowest BCUT2D eigenvalue weighted by Crippen LogP contribution is -2.52. The summed E-state index contributed by atoms with van der Waals surface area (Å²) in [6.45, 7) is 2.81. The highest BCUT2D eigenvalue weighted by molar-refractivity contribution is 5.96. The van der Waals surface area contributed by atoms with Crippen molar-refractivity contribution < 1.29 is 28.2 Å². The van der Waals surface area contributed by atoms with E-state index in [1.807, 2.05) is 24.3 Å². The Hall–Kier alpha value is -4.25. The molecule has 1 atom stereocenters. The number of amides is 2. The molecule has 2 fully saturated rings. The number of ether oxygens (including phenoxy) is 3. The smallest absolute Gasteiger partial charge is 0.257 e. The molecule has 0 radical (unpaired) electrons. The third-order valence-electron chi connectivity index (χ3n) is 7.46. The first-order valence-corrected chi connectivity index (χ1v) is 13.7. The highest BCUT2D eigenvalue weighted by Crippen LogP contribution is 2.32. The summed E-state index contributed by atoms with van der Waals surface area (Å²) in [6, 6.07) is 15.2. The Morgan fingerprint density at radius 3 is 2.49 bits per heavy atom. The normalized spacial score (nSPS) is 16.9. The first-order valence-electron chi connectivity index (χ1n) is 13.7. The minimum absolute atomic E-state index is 0.0441. The largest absolute Gasteiger partial charge is 0.497 e. The molecule has 0 bridgehead atoms. The van der Waals surface area contributed by atoms with E-state index in [9.17, 15) is 14.0 Å². The number of rotatable bonds is 9. The Labute approximate surface area is 238 Å². The van der Waals surface area contributed by atoms with Crippen molar-refractivity contribution in [2.24, 2.45) is 0 Å². The molecule has 1 aromatic heterocycles. The Kier molecular flexibility index (Phi) is 8.93. The van der Waals surface area contributed by atoms with Crippen molar-refractivity contribution in [3.05, 3.63) is 66.0 Å². The van der Waals surface area contributed by atoms with Crippen molar-refractivity contribution in [2.75, 3.05) is 65.0 Å². The second kappa shape index (κ2) is 12.9. The molecular weight excluding hydrogens is 529 g/mol. The molecular formula is C30H34FN5O5. The van der Waals surface area contributed by atoms with Gasteiger partial charge in [-0.25, -0.2) is 4.39 Å². The zero-order valence-electron chi connectivity index (χ0n) is 23.3. The summed E-state index contributed by atoms with van der Waals surface area (Å²) in [5, 5.41) is 8.83. The van der Waals surface area contributed by atoms with Gasteiger partial charge in [0.05, 0.1) is 31.6 Å². The van der Waals surface area contributed by atoms with Crippen LogP contribution in [0.3, 0.4) is 0 Å². The molecule has 2 aliphatic rings. The number of benzene rings is 2. The van der Waals surface area contributed by atoms with Crippen LogP contribution >= 0.6 is 0 Å². The van der Waals surface area contributed by atoms with E-state index in [1.165, 1.54) is 23.1 Å². The highest BCUT2D eigenvalue weighted by atomic mass is 19.1. The summed E-state index contributed by atoms with van der Waals surface area (Å²) < 4.78 is 30.9. The summed E-state index contributed by atoms with van der Waals surface area (Å²) >= 11 is 0. The molecule has 0 spiro atoms. The average molecular weight is 564 g/mol. The lowest BCUT2D eigenvalue weighted by atomic mass is 10.1. The molecule has 216 valence electrons. The third-order valence-corrected chi connectivity index (χ3v) is 7.46. The summed E-state index contributed by atoms with van der Waals surface area (Å²) in [5.74, 6) is 0.751. The second-order valence-electron chi connectivity index (χ2n) is 10.0. The molecule has 0 unspecified atom stereocenters. The minimum atomic E-state index is -0.603. The number of nitrogens with zero attached hydrogens (tertiary/aromatic N) is 5. The Balaban J connectivity index is 1.21. The monoisotopic (exact) mass is 563 g/mol. The highest BCUT2D eigenvalue weighted by Gasteiger charge is 2.29. The van der Waals surface area contributed by atoms with Crippen molar-refractivity contribution in [3.8, 4) is 22.8 Å². The fourth-order valence-corrected chi connectivity index (χ4v) is 5.15.